The molecule has 104 valence electrons. The van der Waals surface area contributed by atoms with Crippen molar-refractivity contribution in [3.8, 4) is 0 Å². The van der Waals surface area contributed by atoms with Crippen molar-refractivity contribution in [1.82, 2.24) is 5.32 Å². The van der Waals surface area contributed by atoms with Crippen LogP contribution in [-0.4, -0.2) is 23.7 Å². The van der Waals surface area contributed by atoms with Crippen LogP contribution in [-0.2, 0) is 4.79 Å². The Morgan fingerprint density at radius 2 is 2.21 bits per heavy atom. The molecule has 3 nitrogen and oxygen atoms in total. The van der Waals surface area contributed by atoms with Gasteiger partial charge in [0, 0.05) is 18.2 Å². The van der Waals surface area contributed by atoms with Crippen LogP contribution in [0.3, 0.4) is 0 Å². The number of aliphatic hydroxyl groups excluding tert-OH is 1. The third kappa shape index (κ3) is 5.01. The average molecular weight is 286 g/mol. The normalized spacial score (nSPS) is 12.9. The molecule has 1 aromatic carbocycles. The van der Waals surface area contributed by atoms with Gasteiger partial charge >= 0.3 is 0 Å². The zero-order valence-corrected chi connectivity index (χ0v) is 11.6. The van der Waals surface area contributed by atoms with Crippen LogP contribution >= 0.6 is 11.6 Å². The van der Waals surface area contributed by atoms with Gasteiger partial charge in [0.2, 0.25) is 5.91 Å². The Hall–Kier alpha value is -1.39. The summed E-state index contributed by atoms with van der Waals surface area (Å²) in [5.74, 6) is -0.830. The van der Waals surface area contributed by atoms with Crippen molar-refractivity contribution in [2.45, 2.75) is 20.0 Å². The molecule has 0 aromatic heterocycles. The number of halogens is 2. The maximum absolute atomic E-state index is 13.4. The molecule has 0 aliphatic heterocycles. The lowest BCUT2D eigenvalue weighted by Crippen LogP contribution is -2.33. The molecule has 19 heavy (non-hydrogen) atoms. The molecule has 0 saturated carbocycles. The minimum atomic E-state index is -0.602. The average Bonchev–Trinajstić information content (AvgIpc) is 2.35. The van der Waals surface area contributed by atoms with E-state index in [1.165, 1.54) is 24.3 Å². The summed E-state index contributed by atoms with van der Waals surface area (Å²) in [4.78, 5) is 11.5. The molecule has 0 aliphatic carbocycles. The van der Waals surface area contributed by atoms with E-state index in [0.717, 1.165) is 0 Å². The van der Waals surface area contributed by atoms with E-state index in [2.05, 4.69) is 5.32 Å². The number of amides is 1. The van der Waals surface area contributed by atoms with Crippen molar-refractivity contribution in [3.05, 3.63) is 40.7 Å². The van der Waals surface area contributed by atoms with Gasteiger partial charge in [0.05, 0.1) is 11.1 Å². The minimum Gasteiger partial charge on any atom is -0.391 e. The van der Waals surface area contributed by atoms with Gasteiger partial charge < -0.3 is 10.4 Å². The Bertz CT molecular complexity index is 454. The number of hydrogen-bond acceptors (Lipinski definition) is 2. The van der Waals surface area contributed by atoms with Crippen LogP contribution in [0.2, 0.25) is 5.02 Å². The summed E-state index contributed by atoms with van der Waals surface area (Å²) in [5.41, 5.74) is 0.170. The standard InChI is InChI=1S/C14H17ClFNO2/c1-9(2)13(18)8-17-14(19)7-6-10-11(15)4-3-5-12(10)16/h3-7,9,13,18H,8H2,1-2H3,(H,17,19)/b7-6+. The molecule has 1 amide bonds. The van der Waals surface area contributed by atoms with Gasteiger partial charge in [-0.1, -0.05) is 31.5 Å². The molecule has 1 unspecified atom stereocenters. The molecule has 0 fully saturated rings. The van der Waals surface area contributed by atoms with E-state index in [0.29, 0.717) is 0 Å². The van der Waals surface area contributed by atoms with Crippen LogP contribution in [0.4, 0.5) is 4.39 Å². The highest BCUT2D eigenvalue weighted by Gasteiger charge is 2.09. The highest BCUT2D eigenvalue weighted by Crippen LogP contribution is 2.20. The van der Waals surface area contributed by atoms with E-state index >= 15 is 0 Å². The third-order valence-electron chi connectivity index (χ3n) is 2.66. The topological polar surface area (TPSA) is 49.3 Å². The van der Waals surface area contributed by atoms with E-state index in [9.17, 15) is 14.3 Å². The molecule has 0 aliphatic rings. The molecule has 0 radical (unpaired) electrons. The van der Waals surface area contributed by atoms with Gasteiger partial charge in [-0.15, -0.1) is 0 Å². The number of nitrogens with one attached hydrogen (secondary N) is 1. The highest BCUT2D eigenvalue weighted by molar-refractivity contribution is 6.32. The van der Waals surface area contributed by atoms with E-state index in [-0.39, 0.29) is 23.0 Å². The number of aliphatic hydroxyl groups is 1. The van der Waals surface area contributed by atoms with Crippen LogP contribution < -0.4 is 5.32 Å². The summed E-state index contributed by atoms with van der Waals surface area (Å²) in [5, 5.41) is 12.3. The first-order chi connectivity index (χ1) is 8.91. The first-order valence-electron chi connectivity index (χ1n) is 5.99. The Balaban J connectivity index is 2.59. The second kappa shape index (κ2) is 7.26. The Labute approximate surface area is 117 Å². The van der Waals surface area contributed by atoms with Crippen molar-refractivity contribution in [1.29, 1.82) is 0 Å². The summed E-state index contributed by atoms with van der Waals surface area (Å²) in [6.45, 7) is 3.86. The smallest absolute Gasteiger partial charge is 0.244 e. The summed E-state index contributed by atoms with van der Waals surface area (Å²) in [6.07, 6.45) is 1.90. The van der Waals surface area contributed by atoms with E-state index in [1.54, 1.807) is 6.07 Å². The van der Waals surface area contributed by atoms with E-state index in [1.807, 2.05) is 13.8 Å². The van der Waals surface area contributed by atoms with Crippen LogP contribution in [0, 0.1) is 11.7 Å². The van der Waals surface area contributed by atoms with Crippen molar-refractivity contribution in [3.63, 3.8) is 0 Å². The van der Waals surface area contributed by atoms with Crippen molar-refractivity contribution in [2.75, 3.05) is 6.54 Å². The quantitative estimate of drug-likeness (QED) is 0.817. The SMILES string of the molecule is CC(C)C(O)CNC(=O)/C=C/c1c(F)cccc1Cl. The summed E-state index contributed by atoms with van der Waals surface area (Å²) in [7, 11) is 0. The van der Waals surface area contributed by atoms with E-state index < -0.39 is 17.8 Å². The first kappa shape index (κ1) is 15.7. The lowest BCUT2D eigenvalue weighted by Gasteiger charge is -2.14. The molecule has 0 saturated heterocycles. The van der Waals surface area contributed by atoms with Crippen LogP contribution in [0.15, 0.2) is 24.3 Å². The van der Waals surface area contributed by atoms with Gasteiger partial charge in [0.15, 0.2) is 0 Å². The van der Waals surface area contributed by atoms with Crippen LogP contribution in [0.25, 0.3) is 6.08 Å². The zero-order chi connectivity index (χ0) is 14.4. The van der Waals surface area contributed by atoms with Crippen molar-refractivity contribution in [2.24, 2.45) is 5.92 Å². The van der Waals surface area contributed by atoms with Crippen LogP contribution in [0.5, 0.6) is 0 Å². The molecule has 1 atom stereocenters. The van der Waals surface area contributed by atoms with Gasteiger partial charge in [-0.3, -0.25) is 4.79 Å². The first-order valence-corrected chi connectivity index (χ1v) is 6.37. The minimum absolute atomic E-state index is 0.0605. The maximum atomic E-state index is 13.4. The van der Waals surface area contributed by atoms with Crippen LogP contribution in [0.1, 0.15) is 19.4 Å². The molecule has 0 bridgehead atoms. The molecule has 2 N–H and O–H groups in total. The van der Waals surface area contributed by atoms with Gasteiger partial charge in [-0.05, 0) is 24.1 Å². The van der Waals surface area contributed by atoms with Crippen molar-refractivity contribution < 1.29 is 14.3 Å². The molecule has 1 aromatic rings. The van der Waals surface area contributed by atoms with Crippen molar-refractivity contribution >= 4 is 23.6 Å². The summed E-state index contributed by atoms with van der Waals surface area (Å²) in [6, 6.07) is 4.31. The Kier molecular flexibility index (Phi) is 5.99. The molecular formula is C14H17ClFNO2. The highest BCUT2D eigenvalue weighted by atomic mass is 35.5. The fourth-order valence-electron chi connectivity index (χ4n) is 1.33. The lowest BCUT2D eigenvalue weighted by atomic mass is 10.1. The van der Waals surface area contributed by atoms with Gasteiger partial charge in [0.1, 0.15) is 5.82 Å². The predicted molar refractivity (Wildman–Crippen MR) is 74.3 cm³/mol. The number of rotatable bonds is 5. The third-order valence-corrected chi connectivity index (χ3v) is 2.99. The van der Waals surface area contributed by atoms with Gasteiger partial charge in [-0.2, -0.15) is 0 Å². The molecule has 0 heterocycles. The second-order valence-corrected chi connectivity index (χ2v) is 4.93. The number of hydrogen-bond donors (Lipinski definition) is 2. The molecule has 1 rings (SSSR count). The second-order valence-electron chi connectivity index (χ2n) is 4.53. The maximum Gasteiger partial charge on any atom is 0.244 e. The van der Waals surface area contributed by atoms with Gasteiger partial charge in [-0.25, -0.2) is 4.39 Å². The summed E-state index contributed by atoms with van der Waals surface area (Å²) < 4.78 is 13.4. The fraction of sp³-hybridized carbons (Fsp3) is 0.357. The fourth-order valence-corrected chi connectivity index (χ4v) is 1.55. The number of benzene rings is 1. The lowest BCUT2D eigenvalue weighted by molar-refractivity contribution is -0.117. The largest absolute Gasteiger partial charge is 0.391 e. The Morgan fingerprint density at radius 3 is 2.79 bits per heavy atom. The zero-order valence-electron chi connectivity index (χ0n) is 10.9. The van der Waals surface area contributed by atoms with E-state index in [4.69, 9.17) is 11.6 Å². The number of carbonyl (C=O) groups excluding carboxylic acids is 1. The molecule has 0 spiro atoms. The molecule has 5 heteroatoms. The number of carbonyl (C=O) groups is 1. The monoisotopic (exact) mass is 285 g/mol. The Morgan fingerprint density at radius 1 is 1.53 bits per heavy atom. The van der Waals surface area contributed by atoms with Gasteiger partial charge in [0.25, 0.3) is 0 Å². The summed E-state index contributed by atoms with van der Waals surface area (Å²) >= 11 is 5.82. The molecular weight excluding hydrogens is 269 g/mol. The predicted octanol–water partition coefficient (Wildman–Crippen LogP) is 2.63.